The molecule has 0 fully saturated rings. The monoisotopic (exact) mass is 226 g/mol. The van der Waals surface area contributed by atoms with Crippen LogP contribution in [0.25, 0.3) is 0 Å². The van der Waals surface area contributed by atoms with Crippen LogP contribution in [0.15, 0.2) is 24.0 Å². The summed E-state index contributed by atoms with van der Waals surface area (Å²) in [6.45, 7) is 15.0. The molecule has 0 saturated heterocycles. The number of allylic oxidation sites excluding steroid dienone is 2. The van der Waals surface area contributed by atoms with Crippen LogP contribution < -0.4 is 0 Å². The molecule has 0 N–H and O–H groups in total. The van der Waals surface area contributed by atoms with Gasteiger partial charge in [0.1, 0.15) is 0 Å². The van der Waals surface area contributed by atoms with E-state index in [1.807, 2.05) is 0 Å². The summed E-state index contributed by atoms with van der Waals surface area (Å²) in [4.78, 5) is 0. The van der Waals surface area contributed by atoms with Crippen molar-refractivity contribution in [2.75, 3.05) is 0 Å². The van der Waals surface area contributed by atoms with Gasteiger partial charge in [0.2, 0.25) is 8.32 Å². The van der Waals surface area contributed by atoms with Crippen molar-refractivity contribution >= 4 is 8.32 Å². The highest BCUT2D eigenvalue weighted by molar-refractivity contribution is 6.73. The van der Waals surface area contributed by atoms with Gasteiger partial charge in [0, 0.05) is 0 Å². The van der Waals surface area contributed by atoms with E-state index in [-0.39, 0.29) is 0 Å². The fourth-order valence-electron chi connectivity index (χ4n) is 1.73. The molecule has 0 aliphatic rings. The molecule has 0 rings (SSSR count). The highest BCUT2D eigenvalue weighted by atomic mass is 28.4. The first-order valence-corrected chi connectivity index (χ1v) is 8.63. The van der Waals surface area contributed by atoms with Crippen LogP contribution in [0, 0.1) is 0 Å². The molecule has 0 amide bonds. The van der Waals surface area contributed by atoms with E-state index in [9.17, 15) is 0 Å². The van der Waals surface area contributed by atoms with Crippen molar-refractivity contribution < 1.29 is 4.43 Å². The van der Waals surface area contributed by atoms with Gasteiger partial charge in [0.25, 0.3) is 0 Å². The van der Waals surface area contributed by atoms with Crippen LogP contribution in [-0.2, 0) is 4.43 Å². The van der Waals surface area contributed by atoms with Gasteiger partial charge in [-0.05, 0) is 37.0 Å². The zero-order valence-electron chi connectivity index (χ0n) is 11.0. The molecule has 0 aromatic carbocycles. The van der Waals surface area contributed by atoms with Crippen LogP contribution in [0.4, 0.5) is 0 Å². The molecule has 0 spiro atoms. The van der Waals surface area contributed by atoms with Crippen molar-refractivity contribution in [3.05, 3.63) is 24.0 Å². The molecule has 2 heteroatoms. The first-order chi connectivity index (χ1) is 7.05. The summed E-state index contributed by atoms with van der Waals surface area (Å²) in [6.07, 6.45) is 3.23. The minimum absolute atomic E-state index is 0.897. The Morgan fingerprint density at radius 1 is 1.13 bits per heavy atom. The minimum Gasteiger partial charge on any atom is -0.544 e. The normalized spacial score (nSPS) is 12.7. The molecule has 0 unspecified atom stereocenters. The molecule has 0 heterocycles. The Labute approximate surface area is 96.4 Å². The summed E-state index contributed by atoms with van der Waals surface area (Å²) in [7, 11) is -1.51. The number of hydrogen-bond acceptors (Lipinski definition) is 1. The highest BCUT2D eigenvalue weighted by Crippen LogP contribution is 2.26. The second-order valence-corrected chi connectivity index (χ2v) is 8.76. The molecular formula is C13H26OSi. The van der Waals surface area contributed by atoms with Gasteiger partial charge in [-0.2, -0.15) is 0 Å². The van der Waals surface area contributed by atoms with Gasteiger partial charge in [-0.3, -0.25) is 0 Å². The Morgan fingerprint density at radius 2 is 1.60 bits per heavy atom. The molecule has 0 aromatic heterocycles. The van der Waals surface area contributed by atoms with Crippen LogP contribution in [0.1, 0.15) is 41.0 Å². The van der Waals surface area contributed by atoms with E-state index in [0.29, 0.717) is 0 Å². The van der Waals surface area contributed by atoms with Gasteiger partial charge in [0.05, 0.1) is 5.76 Å². The maximum atomic E-state index is 6.18. The molecule has 1 nitrogen and oxygen atoms in total. The maximum absolute atomic E-state index is 6.18. The first kappa shape index (κ1) is 14.5. The Hall–Kier alpha value is -0.503. The van der Waals surface area contributed by atoms with Crippen molar-refractivity contribution in [2.24, 2.45) is 0 Å². The number of hydrogen-bond donors (Lipinski definition) is 0. The Balaban J connectivity index is 4.55. The summed E-state index contributed by atoms with van der Waals surface area (Å²) >= 11 is 0. The van der Waals surface area contributed by atoms with E-state index in [2.05, 4.69) is 47.3 Å². The van der Waals surface area contributed by atoms with Gasteiger partial charge in [-0.1, -0.05) is 40.3 Å². The maximum Gasteiger partial charge on any atom is 0.250 e. The third-order valence-electron chi connectivity index (χ3n) is 3.22. The van der Waals surface area contributed by atoms with Crippen LogP contribution in [0.5, 0.6) is 0 Å². The standard InChI is InChI=1S/C13H26OSi/c1-7-11-12(5)13(6)14-15(8-2,9-3)10-4/h11H,6-10H2,1-5H3. The first-order valence-electron chi connectivity index (χ1n) is 6.10. The van der Waals surface area contributed by atoms with Gasteiger partial charge in [0.15, 0.2) is 0 Å². The third kappa shape index (κ3) is 4.25. The van der Waals surface area contributed by atoms with Gasteiger partial charge in [-0.25, -0.2) is 0 Å². The smallest absolute Gasteiger partial charge is 0.250 e. The van der Waals surface area contributed by atoms with E-state index >= 15 is 0 Å². The lowest BCUT2D eigenvalue weighted by Gasteiger charge is -2.30. The Morgan fingerprint density at radius 3 is 1.93 bits per heavy atom. The predicted molar refractivity (Wildman–Crippen MR) is 71.5 cm³/mol. The van der Waals surface area contributed by atoms with Gasteiger partial charge in [-0.15, -0.1) is 0 Å². The zero-order chi connectivity index (χ0) is 11.9. The van der Waals surface area contributed by atoms with E-state index in [4.69, 9.17) is 4.43 Å². The van der Waals surface area contributed by atoms with E-state index in [0.717, 1.165) is 12.2 Å². The van der Waals surface area contributed by atoms with Crippen molar-refractivity contribution in [2.45, 2.75) is 59.2 Å². The van der Waals surface area contributed by atoms with Gasteiger partial charge < -0.3 is 4.43 Å². The summed E-state index contributed by atoms with van der Waals surface area (Å²) in [5.41, 5.74) is 1.20. The Kier molecular flexibility index (Phi) is 6.65. The topological polar surface area (TPSA) is 9.23 Å². The highest BCUT2D eigenvalue weighted by Gasteiger charge is 2.31. The molecule has 0 aliphatic carbocycles. The van der Waals surface area contributed by atoms with Crippen molar-refractivity contribution in [3.8, 4) is 0 Å². The Bertz CT molecular complexity index is 218. The second kappa shape index (κ2) is 6.89. The predicted octanol–water partition coefficient (Wildman–Crippen LogP) is 4.88. The molecule has 0 radical (unpaired) electrons. The fourth-order valence-corrected chi connectivity index (χ4v) is 4.35. The second-order valence-electron chi connectivity index (χ2n) is 4.06. The average Bonchev–Trinajstić information content (AvgIpc) is 2.26. The van der Waals surface area contributed by atoms with Crippen LogP contribution >= 0.6 is 0 Å². The minimum atomic E-state index is -1.51. The summed E-state index contributed by atoms with van der Waals surface area (Å²) in [6, 6.07) is 3.54. The van der Waals surface area contributed by atoms with E-state index < -0.39 is 8.32 Å². The molecule has 0 aromatic rings. The molecule has 0 atom stereocenters. The third-order valence-corrected chi connectivity index (χ3v) is 7.77. The summed E-state index contributed by atoms with van der Waals surface area (Å²) in [5.74, 6) is 0.897. The van der Waals surface area contributed by atoms with Crippen LogP contribution in [0.3, 0.4) is 0 Å². The van der Waals surface area contributed by atoms with E-state index in [1.54, 1.807) is 0 Å². The van der Waals surface area contributed by atoms with Crippen LogP contribution in [-0.4, -0.2) is 8.32 Å². The molecule has 0 aliphatic heterocycles. The zero-order valence-corrected chi connectivity index (χ0v) is 12.0. The molecule has 0 bridgehead atoms. The van der Waals surface area contributed by atoms with Gasteiger partial charge >= 0.3 is 0 Å². The lowest BCUT2D eigenvalue weighted by molar-refractivity contribution is 0.417. The SMILES string of the molecule is C=C(O[Si](CC)(CC)CC)C(C)=CCC. The molecule has 15 heavy (non-hydrogen) atoms. The molecule has 88 valence electrons. The summed E-state index contributed by atoms with van der Waals surface area (Å²) < 4.78 is 6.18. The fraction of sp³-hybridized carbons (Fsp3) is 0.692. The number of rotatable bonds is 7. The molecular weight excluding hydrogens is 200 g/mol. The quantitative estimate of drug-likeness (QED) is 0.341. The lowest BCUT2D eigenvalue weighted by Crippen LogP contribution is -2.35. The van der Waals surface area contributed by atoms with Crippen LogP contribution in [0.2, 0.25) is 18.1 Å². The molecule has 0 saturated carbocycles. The largest absolute Gasteiger partial charge is 0.544 e. The van der Waals surface area contributed by atoms with Crippen molar-refractivity contribution in [1.29, 1.82) is 0 Å². The van der Waals surface area contributed by atoms with Crippen molar-refractivity contribution in [1.82, 2.24) is 0 Å². The van der Waals surface area contributed by atoms with E-state index in [1.165, 1.54) is 23.7 Å². The van der Waals surface area contributed by atoms with Crippen molar-refractivity contribution in [3.63, 3.8) is 0 Å². The lowest BCUT2D eigenvalue weighted by atomic mass is 10.2. The average molecular weight is 226 g/mol. The summed E-state index contributed by atoms with van der Waals surface area (Å²) in [5, 5.41) is 0.